The van der Waals surface area contributed by atoms with Crippen molar-refractivity contribution in [2.24, 2.45) is 5.10 Å². The number of halogens is 2. The van der Waals surface area contributed by atoms with Crippen LogP contribution in [0.3, 0.4) is 0 Å². The number of nitrogens with one attached hydrogen (secondary N) is 1. The van der Waals surface area contributed by atoms with Gasteiger partial charge in [-0.05, 0) is 49.6 Å². The largest absolute Gasteiger partial charge is 0.482 e. The van der Waals surface area contributed by atoms with Gasteiger partial charge in [0.1, 0.15) is 18.0 Å². The number of carbonyl (C=O) groups is 2. The van der Waals surface area contributed by atoms with E-state index in [4.69, 9.17) is 4.74 Å². The SMILES string of the molecule is C/C(CCc1ccc(OC(F)F)cc1)=N/NC(=O)CN1C(=O)COc2ccccc21. The van der Waals surface area contributed by atoms with E-state index in [0.717, 1.165) is 5.56 Å². The Balaban J connectivity index is 1.49. The maximum atomic E-state index is 12.2. The summed E-state index contributed by atoms with van der Waals surface area (Å²) in [6.07, 6.45) is 1.18. The number of amides is 2. The van der Waals surface area contributed by atoms with Crippen molar-refractivity contribution in [1.29, 1.82) is 0 Å². The Labute approximate surface area is 172 Å². The summed E-state index contributed by atoms with van der Waals surface area (Å²) in [7, 11) is 0. The van der Waals surface area contributed by atoms with E-state index < -0.39 is 12.5 Å². The molecule has 9 heteroatoms. The van der Waals surface area contributed by atoms with Crippen LogP contribution in [0.5, 0.6) is 11.5 Å². The molecule has 1 aliphatic heterocycles. The Bertz CT molecular complexity index is 932. The van der Waals surface area contributed by atoms with Gasteiger partial charge in [0, 0.05) is 5.71 Å². The Kier molecular flexibility index (Phi) is 6.95. The Morgan fingerprint density at radius 2 is 1.97 bits per heavy atom. The Hall–Kier alpha value is -3.49. The molecular formula is C21H21F2N3O4. The monoisotopic (exact) mass is 417 g/mol. The average Bonchev–Trinajstić information content (AvgIpc) is 2.73. The zero-order valence-electron chi connectivity index (χ0n) is 16.3. The first-order chi connectivity index (χ1) is 14.4. The molecule has 0 aliphatic carbocycles. The fourth-order valence-corrected chi connectivity index (χ4v) is 2.88. The second-order valence-electron chi connectivity index (χ2n) is 6.64. The lowest BCUT2D eigenvalue weighted by Gasteiger charge is -2.28. The second kappa shape index (κ2) is 9.82. The topological polar surface area (TPSA) is 80.2 Å². The molecule has 2 amide bonds. The molecule has 3 rings (SSSR count). The quantitative estimate of drug-likeness (QED) is 0.529. The zero-order chi connectivity index (χ0) is 21.5. The summed E-state index contributed by atoms with van der Waals surface area (Å²) in [6, 6.07) is 13.4. The van der Waals surface area contributed by atoms with Crippen molar-refractivity contribution in [3.05, 3.63) is 54.1 Å². The first kappa shape index (κ1) is 21.2. The molecule has 0 fully saturated rings. The molecule has 2 aromatic carbocycles. The summed E-state index contributed by atoms with van der Waals surface area (Å²) in [5, 5.41) is 4.07. The molecule has 0 aromatic heterocycles. The highest BCUT2D eigenvalue weighted by molar-refractivity contribution is 6.02. The number of hydrogen-bond donors (Lipinski definition) is 1. The number of hydrogen-bond acceptors (Lipinski definition) is 5. The normalized spacial score (nSPS) is 13.7. The highest BCUT2D eigenvalue weighted by Crippen LogP contribution is 2.31. The summed E-state index contributed by atoms with van der Waals surface area (Å²) >= 11 is 0. The van der Waals surface area contributed by atoms with Gasteiger partial charge in [0.2, 0.25) is 0 Å². The van der Waals surface area contributed by atoms with Crippen LogP contribution >= 0.6 is 0 Å². The van der Waals surface area contributed by atoms with Crippen LogP contribution in [0.2, 0.25) is 0 Å². The molecule has 1 aliphatic rings. The number of rotatable bonds is 8. The van der Waals surface area contributed by atoms with Crippen LogP contribution in [-0.4, -0.2) is 37.3 Å². The number of alkyl halides is 2. The molecule has 0 saturated heterocycles. The maximum Gasteiger partial charge on any atom is 0.387 e. The summed E-state index contributed by atoms with van der Waals surface area (Å²) in [5.74, 6) is -0.0723. The van der Waals surface area contributed by atoms with Gasteiger partial charge < -0.3 is 9.47 Å². The third-order valence-electron chi connectivity index (χ3n) is 4.41. The molecule has 30 heavy (non-hydrogen) atoms. The van der Waals surface area contributed by atoms with Gasteiger partial charge in [-0.2, -0.15) is 13.9 Å². The van der Waals surface area contributed by atoms with Crippen LogP contribution in [0.1, 0.15) is 18.9 Å². The molecule has 7 nitrogen and oxygen atoms in total. The minimum absolute atomic E-state index is 0.102. The van der Waals surface area contributed by atoms with E-state index in [1.807, 2.05) is 0 Å². The molecule has 0 spiro atoms. The van der Waals surface area contributed by atoms with Gasteiger partial charge in [-0.3, -0.25) is 14.5 Å². The molecular weight excluding hydrogens is 396 g/mol. The molecule has 158 valence electrons. The highest BCUT2D eigenvalue weighted by atomic mass is 19.3. The highest BCUT2D eigenvalue weighted by Gasteiger charge is 2.26. The van der Waals surface area contributed by atoms with E-state index in [0.29, 0.717) is 30.0 Å². The molecule has 0 saturated carbocycles. The van der Waals surface area contributed by atoms with Crippen molar-refractivity contribution in [3.8, 4) is 11.5 Å². The number of nitrogens with zero attached hydrogens (tertiary/aromatic N) is 2. The van der Waals surface area contributed by atoms with Crippen molar-refractivity contribution in [2.45, 2.75) is 26.4 Å². The van der Waals surface area contributed by atoms with E-state index >= 15 is 0 Å². The van der Waals surface area contributed by atoms with Crippen molar-refractivity contribution in [1.82, 2.24) is 5.43 Å². The number of para-hydroxylation sites is 2. The molecule has 0 unspecified atom stereocenters. The standard InChI is InChI=1S/C21H21F2N3O4/c1-14(6-7-15-8-10-16(11-9-15)30-21(22)23)24-25-19(27)12-26-17-4-2-3-5-18(17)29-13-20(26)28/h2-5,8-11,21H,6-7,12-13H2,1H3,(H,25,27)/b24-14-. The minimum atomic E-state index is -2.85. The number of fused-ring (bicyclic) bond motifs is 1. The average molecular weight is 417 g/mol. The van der Waals surface area contributed by atoms with Crippen LogP contribution in [0.4, 0.5) is 14.5 Å². The number of aryl methyl sites for hydroxylation is 1. The first-order valence-electron chi connectivity index (χ1n) is 9.30. The molecule has 0 bridgehead atoms. The molecule has 1 N–H and O–H groups in total. The predicted octanol–water partition coefficient (Wildman–Crippen LogP) is 3.14. The lowest BCUT2D eigenvalue weighted by atomic mass is 10.1. The number of hydrazone groups is 1. The van der Waals surface area contributed by atoms with Crippen molar-refractivity contribution in [3.63, 3.8) is 0 Å². The molecule has 2 aromatic rings. The molecule has 0 atom stereocenters. The van der Waals surface area contributed by atoms with Gasteiger partial charge in [0.05, 0.1) is 5.69 Å². The first-order valence-corrected chi connectivity index (χ1v) is 9.30. The fraction of sp³-hybridized carbons (Fsp3) is 0.286. The van der Waals surface area contributed by atoms with Crippen LogP contribution in [-0.2, 0) is 16.0 Å². The van der Waals surface area contributed by atoms with Gasteiger partial charge in [0.15, 0.2) is 6.61 Å². The lowest BCUT2D eigenvalue weighted by molar-refractivity contribution is -0.125. The van der Waals surface area contributed by atoms with Crippen LogP contribution < -0.4 is 19.8 Å². The fourth-order valence-electron chi connectivity index (χ4n) is 2.88. The van der Waals surface area contributed by atoms with Gasteiger partial charge in [-0.15, -0.1) is 0 Å². The van der Waals surface area contributed by atoms with Gasteiger partial charge in [0.25, 0.3) is 11.8 Å². The maximum absolute atomic E-state index is 12.2. The van der Waals surface area contributed by atoms with E-state index in [9.17, 15) is 18.4 Å². The minimum Gasteiger partial charge on any atom is -0.482 e. The summed E-state index contributed by atoms with van der Waals surface area (Å²) in [6.45, 7) is -1.37. The molecule has 1 heterocycles. The smallest absolute Gasteiger partial charge is 0.387 e. The van der Waals surface area contributed by atoms with Crippen molar-refractivity contribution >= 4 is 23.2 Å². The molecule has 0 radical (unpaired) electrons. The van der Waals surface area contributed by atoms with Gasteiger partial charge >= 0.3 is 6.61 Å². The van der Waals surface area contributed by atoms with Crippen molar-refractivity contribution in [2.75, 3.05) is 18.1 Å². The van der Waals surface area contributed by atoms with Crippen LogP contribution in [0, 0.1) is 0 Å². The Morgan fingerprint density at radius 3 is 2.70 bits per heavy atom. The van der Waals surface area contributed by atoms with E-state index in [1.54, 1.807) is 43.3 Å². The third kappa shape index (κ3) is 5.76. The number of anilines is 1. The van der Waals surface area contributed by atoms with Gasteiger partial charge in [-0.1, -0.05) is 24.3 Å². The van der Waals surface area contributed by atoms with Gasteiger partial charge in [-0.25, -0.2) is 5.43 Å². The number of benzene rings is 2. The van der Waals surface area contributed by atoms with E-state index in [-0.39, 0.29) is 24.8 Å². The lowest BCUT2D eigenvalue weighted by Crippen LogP contribution is -2.44. The second-order valence-corrected chi connectivity index (χ2v) is 6.64. The summed E-state index contributed by atoms with van der Waals surface area (Å²) in [5.41, 5.74) is 4.61. The summed E-state index contributed by atoms with van der Waals surface area (Å²) < 4.78 is 34.0. The Morgan fingerprint density at radius 1 is 1.23 bits per heavy atom. The van der Waals surface area contributed by atoms with Crippen LogP contribution in [0.15, 0.2) is 53.6 Å². The predicted molar refractivity (Wildman–Crippen MR) is 107 cm³/mol. The van der Waals surface area contributed by atoms with Crippen LogP contribution in [0.25, 0.3) is 0 Å². The van der Waals surface area contributed by atoms with E-state index in [1.165, 1.54) is 17.0 Å². The summed E-state index contributed by atoms with van der Waals surface area (Å²) in [4.78, 5) is 25.7. The zero-order valence-corrected chi connectivity index (χ0v) is 16.3. The van der Waals surface area contributed by atoms with E-state index in [2.05, 4.69) is 15.3 Å². The number of ether oxygens (including phenoxy) is 2. The third-order valence-corrected chi connectivity index (χ3v) is 4.41. The van der Waals surface area contributed by atoms with Crippen molar-refractivity contribution < 1.29 is 27.8 Å². The number of carbonyl (C=O) groups excluding carboxylic acids is 2.